The SMILES string of the molecule is CN1CCN(c2ccncc2-n2nc(N)cc2N)CC1. The highest BCUT2D eigenvalue weighted by Gasteiger charge is 2.19. The van der Waals surface area contributed by atoms with E-state index in [1.54, 1.807) is 23.1 Å². The minimum absolute atomic E-state index is 0.413. The second-order valence-electron chi connectivity index (χ2n) is 5.06. The van der Waals surface area contributed by atoms with Gasteiger partial charge in [-0.25, -0.2) is 4.68 Å². The van der Waals surface area contributed by atoms with Gasteiger partial charge in [-0.05, 0) is 13.1 Å². The molecule has 4 N–H and O–H groups in total. The molecule has 0 aromatic carbocycles. The van der Waals surface area contributed by atoms with Crippen molar-refractivity contribution >= 4 is 17.3 Å². The van der Waals surface area contributed by atoms with Gasteiger partial charge in [0, 0.05) is 38.4 Å². The summed E-state index contributed by atoms with van der Waals surface area (Å²) in [6.07, 6.45) is 3.57. The number of nitrogen functional groups attached to an aromatic ring is 2. The number of nitrogens with two attached hydrogens (primary N) is 2. The summed E-state index contributed by atoms with van der Waals surface area (Å²) in [7, 11) is 2.14. The van der Waals surface area contributed by atoms with E-state index in [0.717, 1.165) is 37.6 Å². The molecule has 0 atom stereocenters. The molecule has 1 aliphatic rings. The third kappa shape index (κ3) is 2.27. The Hall–Kier alpha value is -2.28. The Morgan fingerprint density at radius 3 is 2.50 bits per heavy atom. The van der Waals surface area contributed by atoms with Crippen LogP contribution in [0.3, 0.4) is 0 Å². The molecule has 106 valence electrons. The minimum Gasteiger partial charge on any atom is -0.384 e. The van der Waals surface area contributed by atoms with Crippen LogP contribution in [-0.2, 0) is 0 Å². The van der Waals surface area contributed by atoms with Gasteiger partial charge in [-0.1, -0.05) is 0 Å². The van der Waals surface area contributed by atoms with Crippen molar-refractivity contribution in [2.45, 2.75) is 0 Å². The van der Waals surface area contributed by atoms with Crippen molar-refractivity contribution in [2.24, 2.45) is 0 Å². The van der Waals surface area contributed by atoms with Crippen molar-refractivity contribution in [3.05, 3.63) is 24.5 Å². The molecule has 1 fully saturated rings. The largest absolute Gasteiger partial charge is 0.384 e. The smallest absolute Gasteiger partial charge is 0.148 e. The predicted molar refractivity (Wildman–Crippen MR) is 79.9 cm³/mol. The van der Waals surface area contributed by atoms with E-state index in [1.165, 1.54) is 0 Å². The summed E-state index contributed by atoms with van der Waals surface area (Å²) in [6, 6.07) is 3.65. The first-order valence-corrected chi connectivity index (χ1v) is 6.64. The van der Waals surface area contributed by atoms with Crippen molar-refractivity contribution in [1.29, 1.82) is 0 Å². The third-order valence-corrected chi connectivity index (χ3v) is 3.61. The lowest BCUT2D eigenvalue weighted by Crippen LogP contribution is -2.44. The van der Waals surface area contributed by atoms with Crippen LogP contribution in [0.2, 0.25) is 0 Å². The molecule has 0 saturated carbocycles. The summed E-state index contributed by atoms with van der Waals surface area (Å²) in [4.78, 5) is 8.83. The quantitative estimate of drug-likeness (QED) is 0.811. The van der Waals surface area contributed by atoms with Gasteiger partial charge in [0.25, 0.3) is 0 Å². The molecule has 1 saturated heterocycles. The topological polar surface area (TPSA) is 89.2 Å². The van der Waals surface area contributed by atoms with Crippen LogP contribution in [0.5, 0.6) is 0 Å². The van der Waals surface area contributed by atoms with E-state index in [9.17, 15) is 0 Å². The zero-order valence-electron chi connectivity index (χ0n) is 11.5. The van der Waals surface area contributed by atoms with Crippen LogP contribution < -0.4 is 16.4 Å². The molecule has 3 rings (SSSR count). The zero-order valence-corrected chi connectivity index (χ0v) is 11.5. The number of anilines is 3. The molecule has 20 heavy (non-hydrogen) atoms. The summed E-state index contributed by atoms with van der Waals surface area (Å²) in [5.74, 6) is 0.932. The van der Waals surface area contributed by atoms with Gasteiger partial charge in [0.2, 0.25) is 0 Å². The fourth-order valence-electron chi connectivity index (χ4n) is 2.46. The second-order valence-corrected chi connectivity index (χ2v) is 5.06. The standard InChI is InChI=1S/C13H19N7/c1-18-4-6-19(7-5-18)10-2-3-16-9-11(10)20-13(15)8-12(14)17-20/h2-3,8-9H,4-7,15H2,1H3,(H2,14,17). The number of hydrogen-bond acceptors (Lipinski definition) is 6. The molecule has 0 unspecified atom stereocenters. The number of pyridine rings is 1. The van der Waals surface area contributed by atoms with Crippen molar-refractivity contribution in [3.63, 3.8) is 0 Å². The fraction of sp³-hybridized carbons (Fsp3) is 0.385. The van der Waals surface area contributed by atoms with Crippen LogP contribution in [0.15, 0.2) is 24.5 Å². The van der Waals surface area contributed by atoms with Crippen molar-refractivity contribution < 1.29 is 0 Å². The van der Waals surface area contributed by atoms with E-state index in [2.05, 4.69) is 26.9 Å². The highest BCUT2D eigenvalue weighted by molar-refractivity contribution is 5.64. The average molecular weight is 273 g/mol. The molecular weight excluding hydrogens is 254 g/mol. The van der Waals surface area contributed by atoms with Gasteiger partial charge in [-0.2, -0.15) is 0 Å². The van der Waals surface area contributed by atoms with Gasteiger partial charge in [0.1, 0.15) is 17.3 Å². The lowest BCUT2D eigenvalue weighted by molar-refractivity contribution is 0.312. The Kier molecular flexibility index (Phi) is 3.19. The Bertz CT molecular complexity index is 599. The molecule has 1 aliphatic heterocycles. The number of likely N-dealkylation sites (N-methyl/N-ethyl adjacent to an activating group) is 1. The summed E-state index contributed by atoms with van der Waals surface area (Å²) in [5, 5.41) is 4.24. The predicted octanol–water partition coefficient (Wildman–Crippen LogP) is 0.184. The van der Waals surface area contributed by atoms with Gasteiger partial charge in [-0.3, -0.25) is 4.98 Å². The van der Waals surface area contributed by atoms with E-state index in [4.69, 9.17) is 11.5 Å². The minimum atomic E-state index is 0.413. The van der Waals surface area contributed by atoms with Crippen LogP contribution in [0.25, 0.3) is 5.69 Å². The first-order valence-electron chi connectivity index (χ1n) is 6.64. The van der Waals surface area contributed by atoms with Crippen LogP contribution in [0.4, 0.5) is 17.3 Å². The van der Waals surface area contributed by atoms with Crippen molar-refractivity contribution in [1.82, 2.24) is 19.7 Å². The number of piperazine rings is 1. The molecule has 2 aromatic rings. The highest BCUT2D eigenvalue weighted by Crippen LogP contribution is 2.26. The number of aromatic nitrogens is 3. The lowest BCUT2D eigenvalue weighted by atomic mass is 10.2. The van der Waals surface area contributed by atoms with Crippen LogP contribution >= 0.6 is 0 Å². The normalized spacial score (nSPS) is 16.6. The van der Waals surface area contributed by atoms with E-state index >= 15 is 0 Å². The maximum absolute atomic E-state index is 5.96. The Labute approximate surface area is 117 Å². The molecule has 0 amide bonds. The maximum atomic E-state index is 5.96. The fourth-order valence-corrected chi connectivity index (χ4v) is 2.46. The van der Waals surface area contributed by atoms with Crippen molar-refractivity contribution in [2.75, 3.05) is 49.6 Å². The summed E-state index contributed by atoms with van der Waals surface area (Å²) in [5.41, 5.74) is 13.6. The highest BCUT2D eigenvalue weighted by atomic mass is 15.4. The first-order chi connectivity index (χ1) is 9.65. The molecule has 7 heteroatoms. The summed E-state index contributed by atoms with van der Waals surface area (Å²) in [6.45, 7) is 4.03. The molecule has 0 spiro atoms. The van der Waals surface area contributed by atoms with E-state index in [1.807, 2.05) is 6.07 Å². The third-order valence-electron chi connectivity index (χ3n) is 3.61. The molecule has 0 aliphatic carbocycles. The monoisotopic (exact) mass is 273 g/mol. The molecule has 0 bridgehead atoms. The molecular formula is C13H19N7. The molecule has 3 heterocycles. The molecule has 7 nitrogen and oxygen atoms in total. The van der Waals surface area contributed by atoms with E-state index in [0.29, 0.717) is 11.6 Å². The lowest BCUT2D eigenvalue weighted by Gasteiger charge is -2.34. The Morgan fingerprint density at radius 1 is 1.10 bits per heavy atom. The molecule has 2 aromatic heterocycles. The Balaban J connectivity index is 1.98. The van der Waals surface area contributed by atoms with Crippen LogP contribution in [-0.4, -0.2) is 52.9 Å². The summed E-state index contributed by atoms with van der Waals surface area (Å²) >= 11 is 0. The van der Waals surface area contributed by atoms with E-state index in [-0.39, 0.29) is 0 Å². The van der Waals surface area contributed by atoms with Gasteiger partial charge in [-0.15, -0.1) is 5.10 Å². The van der Waals surface area contributed by atoms with Gasteiger partial charge >= 0.3 is 0 Å². The second kappa shape index (κ2) is 5.01. The van der Waals surface area contributed by atoms with Gasteiger partial charge in [0.05, 0.1) is 11.9 Å². The van der Waals surface area contributed by atoms with Gasteiger partial charge < -0.3 is 21.3 Å². The van der Waals surface area contributed by atoms with Crippen LogP contribution in [0.1, 0.15) is 0 Å². The first kappa shape index (κ1) is 12.7. The van der Waals surface area contributed by atoms with Crippen molar-refractivity contribution in [3.8, 4) is 5.69 Å². The average Bonchev–Trinajstić information content (AvgIpc) is 2.78. The van der Waals surface area contributed by atoms with E-state index < -0.39 is 0 Å². The number of rotatable bonds is 2. The number of nitrogens with zero attached hydrogens (tertiary/aromatic N) is 5. The molecule has 0 radical (unpaired) electrons. The Morgan fingerprint density at radius 2 is 1.85 bits per heavy atom. The number of hydrogen-bond donors (Lipinski definition) is 2. The zero-order chi connectivity index (χ0) is 14.1. The van der Waals surface area contributed by atoms with Crippen LogP contribution in [0, 0.1) is 0 Å². The maximum Gasteiger partial charge on any atom is 0.148 e. The summed E-state index contributed by atoms with van der Waals surface area (Å²) < 4.78 is 1.65. The van der Waals surface area contributed by atoms with Gasteiger partial charge in [0.15, 0.2) is 0 Å².